The topological polar surface area (TPSA) is 108 Å². The van der Waals surface area contributed by atoms with Crippen LogP contribution in [0.1, 0.15) is 23.2 Å². The van der Waals surface area contributed by atoms with Crippen molar-refractivity contribution in [1.29, 1.82) is 0 Å². The zero-order valence-electron chi connectivity index (χ0n) is 18.8. The monoisotopic (exact) mass is 480 g/mol. The van der Waals surface area contributed by atoms with Gasteiger partial charge in [-0.25, -0.2) is 13.1 Å². The van der Waals surface area contributed by atoms with E-state index in [0.29, 0.717) is 71.2 Å². The lowest BCUT2D eigenvalue weighted by molar-refractivity contribution is -0.136. The van der Waals surface area contributed by atoms with E-state index in [9.17, 15) is 18.0 Å². The molecule has 0 radical (unpaired) electrons. The fraction of sp³-hybridized carbons (Fsp3) is 0.636. The molecule has 1 aromatic carbocycles. The molecule has 11 heteroatoms. The summed E-state index contributed by atoms with van der Waals surface area (Å²) < 4.78 is 38.7. The van der Waals surface area contributed by atoms with Gasteiger partial charge in [0.15, 0.2) is 0 Å². The first-order valence-corrected chi connectivity index (χ1v) is 13.0. The number of hydrogen-bond donors (Lipinski definition) is 1. The molecule has 10 nitrogen and oxygen atoms in total. The van der Waals surface area contributed by atoms with Crippen LogP contribution in [0.3, 0.4) is 0 Å². The normalized spacial score (nSPS) is 22.5. The Morgan fingerprint density at radius 2 is 1.76 bits per heavy atom. The molecule has 33 heavy (non-hydrogen) atoms. The molecular weight excluding hydrogens is 448 g/mol. The Morgan fingerprint density at radius 3 is 2.45 bits per heavy atom. The van der Waals surface area contributed by atoms with Crippen molar-refractivity contribution >= 4 is 21.8 Å². The van der Waals surface area contributed by atoms with Gasteiger partial charge >= 0.3 is 0 Å². The molecule has 0 aliphatic carbocycles. The smallest absolute Gasteiger partial charge is 0.253 e. The lowest BCUT2D eigenvalue weighted by atomic mass is 10.2. The highest BCUT2D eigenvalue weighted by Crippen LogP contribution is 2.16. The summed E-state index contributed by atoms with van der Waals surface area (Å²) in [6.45, 7) is 5.80. The van der Waals surface area contributed by atoms with E-state index in [1.165, 1.54) is 12.1 Å². The second-order valence-corrected chi connectivity index (χ2v) is 10.3. The maximum absolute atomic E-state index is 13.0. The quantitative estimate of drug-likeness (QED) is 0.574. The average Bonchev–Trinajstić information content (AvgIpc) is 3.37. The fourth-order valence-electron chi connectivity index (χ4n) is 4.28. The lowest BCUT2D eigenvalue weighted by Crippen LogP contribution is -2.52. The van der Waals surface area contributed by atoms with Crippen LogP contribution in [0.25, 0.3) is 0 Å². The molecule has 0 unspecified atom stereocenters. The Morgan fingerprint density at radius 1 is 1.00 bits per heavy atom. The number of rotatable bonds is 7. The molecule has 3 fully saturated rings. The molecular formula is C22H32N4O6S. The van der Waals surface area contributed by atoms with Crippen molar-refractivity contribution in [3.05, 3.63) is 29.8 Å². The predicted molar refractivity (Wildman–Crippen MR) is 120 cm³/mol. The van der Waals surface area contributed by atoms with Gasteiger partial charge in [-0.1, -0.05) is 6.07 Å². The van der Waals surface area contributed by atoms with Crippen molar-refractivity contribution in [3.8, 4) is 0 Å². The molecule has 0 aromatic heterocycles. The molecule has 4 rings (SSSR count). The molecule has 1 aromatic rings. The van der Waals surface area contributed by atoms with Crippen molar-refractivity contribution < 1.29 is 27.5 Å². The van der Waals surface area contributed by atoms with Gasteiger partial charge in [0.25, 0.3) is 5.91 Å². The van der Waals surface area contributed by atoms with Gasteiger partial charge in [-0.05, 0) is 31.0 Å². The third-order valence-electron chi connectivity index (χ3n) is 6.30. The predicted octanol–water partition coefficient (Wildman–Crippen LogP) is -0.239. The van der Waals surface area contributed by atoms with E-state index in [0.717, 1.165) is 12.8 Å². The second-order valence-electron chi connectivity index (χ2n) is 8.58. The van der Waals surface area contributed by atoms with Crippen LogP contribution in [-0.4, -0.2) is 113 Å². The van der Waals surface area contributed by atoms with Gasteiger partial charge in [0.2, 0.25) is 15.9 Å². The number of ether oxygens (including phenoxy) is 2. The van der Waals surface area contributed by atoms with Crippen LogP contribution in [-0.2, 0) is 24.3 Å². The van der Waals surface area contributed by atoms with Gasteiger partial charge in [0.05, 0.1) is 30.8 Å². The molecule has 1 atom stereocenters. The Bertz CT molecular complexity index is 936. The van der Waals surface area contributed by atoms with Gasteiger partial charge in [-0.2, -0.15) is 0 Å². The highest BCUT2D eigenvalue weighted by Gasteiger charge is 2.27. The molecule has 0 saturated carbocycles. The SMILES string of the molecule is O=C(CN1CCN(C(=O)c2cccc(S(=O)(=O)NC[C@H]3CCCO3)c2)CC1)N1CCOCC1. The summed E-state index contributed by atoms with van der Waals surface area (Å²) in [5, 5.41) is 0. The minimum absolute atomic E-state index is 0.0705. The maximum Gasteiger partial charge on any atom is 0.253 e. The van der Waals surface area contributed by atoms with E-state index in [1.807, 2.05) is 4.90 Å². The number of carbonyl (C=O) groups is 2. The van der Waals surface area contributed by atoms with Crippen LogP contribution in [0, 0.1) is 0 Å². The van der Waals surface area contributed by atoms with E-state index in [2.05, 4.69) is 9.62 Å². The first-order chi connectivity index (χ1) is 15.9. The highest BCUT2D eigenvalue weighted by atomic mass is 32.2. The number of nitrogens with one attached hydrogen (secondary N) is 1. The lowest BCUT2D eigenvalue weighted by Gasteiger charge is -2.36. The Hall–Kier alpha value is -2.05. The third-order valence-corrected chi connectivity index (χ3v) is 7.72. The van der Waals surface area contributed by atoms with Crippen molar-refractivity contribution in [2.75, 3.05) is 72.2 Å². The molecule has 3 saturated heterocycles. The van der Waals surface area contributed by atoms with E-state index in [4.69, 9.17) is 9.47 Å². The van der Waals surface area contributed by atoms with Crippen LogP contribution in [0.15, 0.2) is 29.2 Å². The van der Waals surface area contributed by atoms with E-state index >= 15 is 0 Å². The number of hydrogen-bond acceptors (Lipinski definition) is 7. The van der Waals surface area contributed by atoms with Crippen LogP contribution < -0.4 is 4.72 Å². The molecule has 0 spiro atoms. The Kier molecular flexibility index (Phi) is 7.97. The highest BCUT2D eigenvalue weighted by molar-refractivity contribution is 7.89. The van der Waals surface area contributed by atoms with Gasteiger partial charge in [-0.3, -0.25) is 14.5 Å². The third kappa shape index (κ3) is 6.30. The van der Waals surface area contributed by atoms with Crippen LogP contribution in [0.5, 0.6) is 0 Å². The Labute approximate surface area is 194 Å². The fourth-order valence-corrected chi connectivity index (χ4v) is 5.40. The van der Waals surface area contributed by atoms with Crippen molar-refractivity contribution in [1.82, 2.24) is 19.4 Å². The van der Waals surface area contributed by atoms with E-state index in [1.54, 1.807) is 17.0 Å². The van der Waals surface area contributed by atoms with Gasteiger partial charge in [0.1, 0.15) is 0 Å². The molecule has 182 valence electrons. The van der Waals surface area contributed by atoms with Crippen LogP contribution in [0.4, 0.5) is 0 Å². The van der Waals surface area contributed by atoms with E-state index < -0.39 is 10.0 Å². The first kappa shape index (κ1) is 24.1. The van der Waals surface area contributed by atoms with Gasteiger partial charge in [0, 0.05) is 58.0 Å². The molecule has 3 heterocycles. The number of piperazine rings is 1. The number of carbonyl (C=O) groups excluding carboxylic acids is 2. The standard InChI is InChI=1S/C22H32N4O6S/c27-21(25-10-13-31-14-11-25)17-24-6-8-26(9-7-24)22(28)18-3-1-5-20(15-18)33(29,30)23-16-19-4-2-12-32-19/h1,3,5,15,19,23H,2,4,6-14,16-17H2/t19-/m1/s1. The number of morpholine rings is 1. The zero-order chi connectivity index (χ0) is 23.3. The van der Waals surface area contributed by atoms with Crippen LogP contribution >= 0.6 is 0 Å². The number of benzene rings is 1. The zero-order valence-corrected chi connectivity index (χ0v) is 19.6. The first-order valence-electron chi connectivity index (χ1n) is 11.5. The molecule has 3 aliphatic rings. The molecule has 2 amide bonds. The Balaban J connectivity index is 1.30. The van der Waals surface area contributed by atoms with Gasteiger partial charge < -0.3 is 19.3 Å². The number of nitrogens with zero attached hydrogens (tertiary/aromatic N) is 3. The van der Waals surface area contributed by atoms with Crippen LogP contribution in [0.2, 0.25) is 0 Å². The average molecular weight is 481 g/mol. The van der Waals surface area contributed by atoms with E-state index in [-0.39, 0.29) is 29.4 Å². The second kappa shape index (κ2) is 10.9. The maximum atomic E-state index is 13.0. The largest absolute Gasteiger partial charge is 0.378 e. The minimum atomic E-state index is -3.73. The van der Waals surface area contributed by atoms with Crippen molar-refractivity contribution in [2.24, 2.45) is 0 Å². The number of sulfonamides is 1. The molecule has 1 N–H and O–H groups in total. The summed E-state index contributed by atoms with van der Waals surface area (Å²) in [6.07, 6.45) is 1.67. The van der Waals surface area contributed by atoms with Gasteiger partial charge in [-0.15, -0.1) is 0 Å². The summed E-state index contributed by atoms with van der Waals surface area (Å²) >= 11 is 0. The summed E-state index contributed by atoms with van der Waals surface area (Å²) in [4.78, 5) is 31.1. The minimum Gasteiger partial charge on any atom is -0.378 e. The number of amides is 2. The molecule has 3 aliphatic heterocycles. The summed E-state index contributed by atoms with van der Waals surface area (Å²) in [6, 6.07) is 6.14. The molecule has 0 bridgehead atoms. The summed E-state index contributed by atoms with van der Waals surface area (Å²) in [5.74, 6) is -0.114. The summed E-state index contributed by atoms with van der Waals surface area (Å²) in [7, 11) is -3.73. The van der Waals surface area contributed by atoms with Crippen molar-refractivity contribution in [2.45, 2.75) is 23.8 Å². The summed E-state index contributed by atoms with van der Waals surface area (Å²) in [5.41, 5.74) is 0.341. The van der Waals surface area contributed by atoms with Crippen molar-refractivity contribution in [3.63, 3.8) is 0 Å².